The van der Waals surface area contributed by atoms with E-state index >= 15 is 0 Å². The lowest BCUT2D eigenvalue weighted by atomic mass is 9.98. The molecule has 0 aliphatic carbocycles. The largest absolute Gasteiger partial charge is 0.480 e. The molecule has 0 spiro atoms. The molecule has 1 aromatic rings. The molecule has 1 saturated heterocycles. The Morgan fingerprint density at radius 2 is 1.86 bits per heavy atom. The van der Waals surface area contributed by atoms with Gasteiger partial charge in [0.05, 0.1) is 6.54 Å². The number of carbonyl (C=O) groups is 3. The van der Waals surface area contributed by atoms with E-state index in [-0.39, 0.29) is 19.4 Å². The summed E-state index contributed by atoms with van der Waals surface area (Å²) in [5, 5.41) is 18.3. The molecule has 0 radical (unpaired) electrons. The van der Waals surface area contributed by atoms with Crippen LogP contribution in [-0.4, -0.2) is 51.1 Å². The van der Waals surface area contributed by atoms with Crippen LogP contribution in [0, 0.1) is 0 Å². The molecule has 0 bridgehead atoms. The van der Waals surface area contributed by atoms with Crippen LogP contribution in [0.1, 0.15) is 18.4 Å². The first-order chi connectivity index (χ1) is 10.3. The molecule has 1 heterocycles. The van der Waals surface area contributed by atoms with Gasteiger partial charge in [-0.1, -0.05) is 30.3 Å². The maximum absolute atomic E-state index is 12.3. The normalized spacial score (nSPS) is 24.2. The Bertz CT molecular complexity index is 589. The highest BCUT2D eigenvalue weighted by molar-refractivity contribution is 5.89. The van der Waals surface area contributed by atoms with Gasteiger partial charge in [-0.2, -0.15) is 0 Å². The average molecular weight is 306 g/mol. The zero-order valence-corrected chi connectivity index (χ0v) is 11.9. The van der Waals surface area contributed by atoms with Gasteiger partial charge in [-0.15, -0.1) is 0 Å². The zero-order chi connectivity index (χ0) is 16.3. The van der Waals surface area contributed by atoms with Crippen molar-refractivity contribution in [3.63, 3.8) is 0 Å². The Morgan fingerprint density at radius 1 is 1.23 bits per heavy atom. The van der Waals surface area contributed by atoms with Gasteiger partial charge in [0, 0.05) is 12.8 Å². The van der Waals surface area contributed by atoms with Gasteiger partial charge in [-0.05, 0) is 12.0 Å². The summed E-state index contributed by atoms with van der Waals surface area (Å²) >= 11 is 0. The predicted molar refractivity (Wildman–Crippen MR) is 77.1 cm³/mol. The summed E-state index contributed by atoms with van der Waals surface area (Å²) in [6.07, 6.45) is 0.297. The minimum Gasteiger partial charge on any atom is -0.480 e. The highest BCUT2D eigenvalue weighted by atomic mass is 16.4. The van der Waals surface area contributed by atoms with Crippen LogP contribution in [0.5, 0.6) is 0 Å². The van der Waals surface area contributed by atoms with Crippen molar-refractivity contribution in [2.45, 2.75) is 30.8 Å². The summed E-state index contributed by atoms with van der Waals surface area (Å²) in [5.41, 5.74) is 4.96. The van der Waals surface area contributed by atoms with E-state index < -0.39 is 29.4 Å². The number of nitrogens with two attached hydrogens (primary N) is 1. The van der Waals surface area contributed by atoms with Gasteiger partial charge in [0.1, 0.15) is 11.6 Å². The van der Waals surface area contributed by atoms with E-state index in [1.807, 2.05) is 30.3 Å². The fraction of sp³-hybridized carbons (Fsp3) is 0.400. The average Bonchev–Trinajstić information content (AvgIpc) is 2.86. The molecule has 2 rings (SSSR count). The van der Waals surface area contributed by atoms with Crippen molar-refractivity contribution < 1.29 is 24.6 Å². The molecule has 7 heteroatoms. The Morgan fingerprint density at radius 3 is 2.41 bits per heavy atom. The lowest BCUT2D eigenvalue weighted by molar-refractivity contribution is -0.148. The van der Waals surface area contributed by atoms with E-state index in [9.17, 15) is 19.5 Å². The molecule has 0 saturated carbocycles. The second-order valence-corrected chi connectivity index (χ2v) is 5.53. The molecule has 118 valence electrons. The molecule has 0 aromatic heterocycles. The molecule has 22 heavy (non-hydrogen) atoms. The van der Waals surface area contributed by atoms with Gasteiger partial charge in [0.2, 0.25) is 5.91 Å². The summed E-state index contributed by atoms with van der Waals surface area (Å²) in [7, 11) is 0. The Labute approximate surface area is 127 Å². The van der Waals surface area contributed by atoms with Crippen LogP contribution in [0.4, 0.5) is 0 Å². The van der Waals surface area contributed by atoms with E-state index in [0.717, 1.165) is 10.5 Å². The smallest absolute Gasteiger partial charge is 0.326 e. The van der Waals surface area contributed by atoms with Crippen molar-refractivity contribution in [2.24, 2.45) is 5.73 Å². The lowest BCUT2D eigenvalue weighted by Gasteiger charge is -2.22. The van der Waals surface area contributed by atoms with Crippen molar-refractivity contribution >= 4 is 17.8 Å². The molecule has 0 unspecified atom stereocenters. The Kier molecular flexibility index (Phi) is 4.46. The number of benzene rings is 1. The van der Waals surface area contributed by atoms with Crippen LogP contribution in [0.3, 0.4) is 0 Å². The predicted octanol–water partition coefficient (Wildman–Crippen LogP) is 0.0868. The second kappa shape index (κ2) is 6.15. The first-order valence-corrected chi connectivity index (χ1v) is 6.92. The number of aliphatic carboxylic acids is 2. The number of hydrogen-bond donors (Lipinski definition) is 3. The first-order valence-electron chi connectivity index (χ1n) is 6.92. The molecular formula is C15H18N2O5. The number of rotatable bonds is 5. The van der Waals surface area contributed by atoms with Gasteiger partial charge in [0.25, 0.3) is 0 Å². The van der Waals surface area contributed by atoms with Gasteiger partial charge in [-0.3, -0.25) is 9.59 Å². The Balaban J connectivity index is 2.06. The van der Waals surface area contributed by atoms with E-state index in [1.54, 1.807) is 0 Å². The van der Waals surface area contributed by atoms with E-state index in [2.05, 4.69) is 0 Å². The maximum Gasteiger partial charge on any atom is 0.326 e. The van der Waals surface area contributed by atoms with Crippen LogP contribution in [-0.2, 0) is 20.8 Å². The third-order valence-corrected chi connectivity index (χ3v) is 3.89. The molecular weight excluding hydrogens is 288 g/mol. The van der Waals surface area contributed by atoms with Crippen LogP contribution >= 0.6 is 0 Å². The SMILES string of the molecule is N[C@]1(C(=O)O)C[C@H](C(=O)O)N(C(=O)CCc2ccccc2)C1. The third kappa shape index (κ3) is 3.25. The standard InChI is InChI=1S/C15H18N2O5/c16-15(14(21)22)8-11(13(19)20)17(9-15)12(18)7-6-10-4-2-1-3-5-10/h1-5,11H,6-9,16H2,(H,19,20)(H,21,22)/t11-,15-/m1/s1. The summed E-state index contributed by atoms with van der Waals surface area (Å²) in [4.78, 5) is 35.8. The fourth-order valence-electron chi connectivity index (χ4n) is 2.61. The number of aryl methyl sites for hydroxylation is 1. The van der Waals surface area contributed by atoms with Crippen molar-refractivity contribution in [3.05, 3.63) is 35.9 Å². The van der Waals surface area contributed by atoms with Gasteiger partial charge >= 0.3 is 11.9 Å². The maximum atomic E-state index is 12.3. The van der Waals surface area contributed by atoms with E-state index in [4.69, 9.17) is 10.8 Å². The molecule has 1 aliphatic heterocycles. The van der Waals surface area contributed by atoms with Gasteiger partial charge in [-0.25, -0.2) is 4.79 Å². The number of amides is 1. The number of likely N-dealkylation sites (tertiary alicyclic amines) is 1. The van der Waals surface area contributed by atoms with Crippen molar-refractivity contribution in [1.82, 2.24) is 4.90 Å². The van der Waals surface area contributed by atoms with Gasteiger partial charge in [0.15, 0.2) is 0 Å². The third-order valence-electron chi connectivity index (χ3n) is 3.89. The van der Waals surface area contributed by atoms with Crippen molar-refractivity contribution in [3.8, 4) is 0 Å². The van der Waals surface area contributed by atoms with Crippen molar-refractivity contribution in [1.29, 1.82) is 0 Å². The fourth-order valence-corrected chi connectivity index (χ4v) is 2.61. The van der Waals surface area contributed by atoms with Crippen molar-refractivity contribution in [2.75, 3.05) is 6.54 Å². The number of hydrogen-bond acceptors (Lipinski definition) is 4. The van der Waals surface area contributed by atoms with Crippen LogP contribution in [0.25, 0.3) is 0 Å². The summed E-state index contributed by atoms with van der Waals surface area (Å²) in [6.45, 7) is -0.285. The second-order valence-electron chi connectivity index (χ2n) is 5.53. The van der Waals surface area contributed by atoms with Crippen LogP contribution in [0.2, 0.25) is 0 Å². The zero-order valence-electron chi connectivity index (χ0n) is 11.9. The number of carboxylic acids is 2. The van der Waals surface area contributed by atoms with E-state index in [1.165, 1.54) is 0 Å². The molecule has 1 fully saturated rings. The van der Waals surface area contributed by atoms with Crippen LogP contribution in [0.15, 0.2) is 30.3 Å². The highest BCUT2D eigenvalue weighted by Crippen LogP contribution is 2.27. The summed E-state index contributed by atoms with van der Waals surface area (Å²) in [5.74, 6) is -2.93. The molecule has 2 atom stereocenters. The molecule has 1 aromatic carbocycles. The molecule has 4 N–H and O–H groups in total. The molecule has 1 amide bonds. The van der Waals surface area contributed by atoms with E-state index in [0.29, 0.717) is 6.42 Å². The number of carboxylic acid groups (broad SMARTS) is 2. The number of nitrogens with zero attached hydrogens (tertiary/aromatic N) is 1. The summed E-state index contributed by atoms with van der Waals surface area (Å²) in [6, 6.07) is 8.12. The molecule has 7 nitrogen and oxygen atoms in total. The highest BCUT2D eigenvalue weighted by Gasteiger charge is 2.51. The van der Waals surface area contributed by atoms with Gasteiger partial charge < -0.3 is 20.8 Å². The number of carbonyl (C=O) groups excluding carboxylic acids is 1. The topological polar surface area (TPSA) is 121 Å². The Hall–Kier alpha value is -2.41. The lowest BCUT2D eigenvalue weighted by Crippen LogP contribution is -2.50. The monoisotopic (exact) mass is 306 g/mol. The molecule has 1 aliphatic rings. The summed E-state index contributed by atoms with van der Waals surface area (Å²) < 4.78 is 0. The minimum absolute atomic E-state index is 0.115. The van der Waals surface area contributed by atoms with Crippen LogP contribution < -0.4 is 5.73 Å². The quantitative estimate of drug-likeness (QED) is 0.708. The first kappa shape index (κ1) is 16.0. The minimum atomic E-state index is -1.70.